The smallest absolute Gasteiger partial charge is 0.223 e. The van der Waals surface area contributed by atoms with E-state index in [0.29, 0.717) is 17.9 Å². The van der Waals surface area contributed by atoms with Gasteiger partial charge in [-0.15, -0.1) is 0 Å². The molecule has 0 amide bonds. The lowest BCUT2D eigenvalue weighted by molar-refractivity contribution is 0.0903. The van der Waals surface area contributed by atoms with Crippen LogP contribution in [0.1, 0.15) is 64.6 Å². The summed E-state index contributed by atoms with van der Waals surface area (Å²) in [7, 11) is 0. The fourth-order valence-electron chi connectivity index (χ4n) is 4.68. The summed E-state index contributed by atoms with van der Waals surface area (Å²) in [5, 5.41) is 3.47. The molecule has 1 aliphatic carbocycles. The zero-order chi connectivity index (χ0) is 20.9. The third kappa shape index (κ3) is 3.05. The number of fused-ring (bicyclic) bond motifs is 2. The summed E-state index contributed by atoms with van der Waals surface area (Å²) in [6.45, 7) is 10.5. The molecule has 0 saturated carbocycles. The lowest BCUT2D eigenvalue weighted by Gasteiger charge is -2.29. The van der Waals surface area contributed by atoms with Gasteiger partial charge < -0.3 is 10.1 Å². The predicted octanol–water partition coefficient (Wildman–Crippen LogP) is 4.72. The highest BCUT2D eigenvalue weighted by atomic mass is 16.5. The molecule has 4 heterocycles. The van der Waals surface area contributed by atoms with Gasteiger partial charge in [-0.3, -0.25) is 4.99 Å². The lowest BCUT2D eigenvalue weighted by atomic mass is 9.73. The van der Waals surface area contributed by atoms with Crippen molar-refractivity contribution in [3.05, 3.63) is 47.1 Å². The number of hydrogen-bond acceptors (Lipinski definition) is 6. The molecule has 0 spiro atoms. The van der Waals surface area contributed by atoms with Crippen LogP contribution in [-0.4, -0.2) is 39.9 Å². The SMILES string of the molecule is CC1=Nc2ccc(C3=CCc4nc(NC5CCOCC5)ncc43)nc2C1(C)C(C)C.[HH]. The molecule has 0 aromatic carbocycles. The number of hydrogen-bond donors (Lipinski definition) is 1. The van der Waals surface area contributed by atoms with Crippen LogP contribution in [0.25, 0.3) is 5.57 Å². The molecule has 6 heteroatoms. The van der Waals surface area contributed by atoms with Gasteiger partial charge in [-0.1, -0.05) is 19.9 Å². The summed E-state index contributed by atoms with van der Waals surface area (Å²) in [5.74, 6) is 1.14. The molecule has 30 heavy (non-hydrogen) atoms. The molecular formula is C24H31N5O. The fraction of sp³-hybridized carbons (Fsp3) is 0.500. The summed E-state index contributed by atoms with van der Waals surface area (Å²) in [4.78, 5) is 19.3. The zero-order valence-electron chi connectivity index (χ0n) is 18.2. The Kier molecular flexibility index (Phi) is 4.69. The van der Waals surface area contributed by atoms with Crippen molar-refractivity contribution in [1.29, 1.82) is 0 Å². The highest BCUT2D eigenvalue weighted by Gasteiger charge is 2.41. The van der Waals surface area contributed by atoms with Crippen LogP contribution < -0.4 is 5.32 Å². The summed E-state index contributed by atoms with van der Waals surface area (Å²) in [6.07, 6.45) is 6.98. The first-order chi connectivity index (χ1) is 14.5. The molecule has 1 fully saturated rings. The Hall–Kier alpha value is -2.60. The van der Waals surface area contributed by atoms with E-state index in [2.05, 4.69) is 56.2 Å². The van der Waals surface area contributed by atoms with Gasteiger partial charge in [0.2, 0.25) is 5.95 Å². The monoisotopic (exact) mass is 405 g/mol. The van der Waals surface area contributed by atoms with Crippen LogP contribution in [0.2, 0.25) is 0 Å². The van der Waals surface area contributed by atoms with Crippen LogP contribution in [0.4, 0.5) is 11.6 Å². The minimum atomic E-state index is -0.124. The number of rotatable bonds is 4. The molecule has 1 unspecified atom stereocenters. The zero-order valence-corrected chi connectivity index (χ0v) is 18.2. The van der Waals surface area contributed by atoms with Crippen molar-refractivity contribution in [1.82, 2.24) is 15.0 Å². The molecule has 2 aromatic rings. The molecule has 158 valence electrons. The van der Waals surface area contributed by atoms with Crippen LogP contribution in [0.3, 0.4) is 0 Å². The number of nitrogens with one attached hydrogen (secondary N) is 1. The molecule has 5 rings (SSSR count). The predicted molar refractivity (Wildman–Crippen MR) is 122 cm³/mol. The highest BCUT2D eigenvalue weighted by molar-refractivity contribution is 5.99. The van der Waals surface area contributed by atoms with E-state index in [1.807, 2.05) is 6.20 Å². The van der Waals surface area contributed by atoms with Gasteiger partial charge in [0.15, 0.2) is 0 Å². The number of anilines is 1. The Morgan fingerprint density at radius 2 is 2.00 bits per heavy atom. The maximum Gasteiger partial charge on any atom is 0.223 e. The molecule has 0 bridgehead atoms. The van der Waals surface area contributed by atoms with Crippen LogP contribution in [-0.2, 0) is 16.6 Å². The molecule has 2 aromatic heterocycles. The summed E-state index contributed by atoms with van der Waals surface area (Å²) < 4.78 is 5.44. The molecule has 1 saturated heterocycles. The van der Waals surface area contributed by atoms with Crippen LogP contribution >= 0.6 is 0 Å². The number of pyridine rings is 1. The van der Waals surface area contributed by atoms with Gasteiger partial charge in [0.25, 0.3) is 0 Å². The van der Waals surface area contributed by atoms with Gasteiger partial charge in [-0.25, -0.2) is 15.0 Å². The number of nitrogens with zero attached hydrogens (tertiary/aromatic N) is 4. The second-order valence-corrected chi connectivity index (χ2v) is 9.03. The molecule has 2 aliphatic heterocycles. The van der Waals surface area contributed by atoms with Crippen molar-refractivity contribution in [3.63, 3.8) is 0 Å². The van der Waals surface area contributed by atoms with E-state index in [1.165, 1.54) is 0 Å². The molecular weight excluding hydrogens is 374 g/mol. The quantitative estimate of drug-likeness (QED) is 0.797. The lowest BCUT2D eigenvalue weighted by Crippen LogP contribution is -2.34. The topological polar surface area (TPSA) is 72.3 Å². The Balaban J connectivity index is 0.00000231. The average Bonchev–Trinajstić information content (AvgIpc) is 3.27. The van der Waals surface area contributed by atoms with Crippen LogP contribution in [0, 0.1) is 5.92 Å². The largest absolute Gasteiger partial charge is 0.381 e. The minimum Gasteiger partial charge on any atom is -0.381 e. The van der Waals surface area contributed by atoms with Crippen molar-refractivity contribution < 1.29 is 6.16 Å². The number of allylic oxidation sites excluding steroid dienone is 1. The fourth-order valence-corrected chi connectivity index (χ4v) is 4.68. The Morgan fingerprint density at radius 1 is 1.20 bits per heavy atom. The van der Waals surface area contributed by atoms with Crippen LogP contribution in [0.15, 0.2) is 29.4 Å². The maximum atomic E-state index is 5.44. The van der Waals surface area contributed by atoms with E-state index >= 15 is 0 Å². The van der Waals surface area contributed by atoms with Gasteiger partial charge in [-0.2, -0.15) is 0 Å². The first kappa shape index (κ1) is 19.4. The van der Waals surface area contributed by atoms with Gasteiger partial charge in [0.05, 0.1) is 28.2 Å². The molecule has 0 radical (unpaired) electrons. The summed E-state index contributed by atoms with van der Waals surface area (Å²) >= 11 is 0. The summed E-state index contributed by atoms with van der Waals surface area (Å²) in [5.41, 5.74) is 7.36. The number of aromatic nitrogens is 3. The van der Waals surface area contributed by atoms with Crippen molar-refractivity contribution in [2.75, 3.05) is 18.5 Å². The molecule has 3 aliphatic rings. The molecule has 1 atom stereocenters. The van der Waals surface area contributed by atoms with Gasteiger partial charge in [0.1, 0.15) is 0 Å². The van der Waals surface area contributed by atoms with Gasteiger partial charge >= 0.3 is 0 Å². The minimum absolute atomic E-state index is 0. The van der Waals surface area contributed by atoms with E-state index < -0.39 is 0 Å². The Labute approximate surface area is 179 Å². The Bertz CT molecular complexity index is 1060. The molecule has 1 N–H and O–H groups in total. The Morgan fingerprint density at radius 3 is 2.77 bits per heavy atom. The first-order valence-corrected chi connectivity index (χ1v) is 10.9. The van der Waals surface area contributed by atoms with Crippen molar-refractivity contribution in [3.8, 4) is 0 Å². The van der Waals surface area contributed by atoms with Gasteiger partial charge in [0, 0.05) is 50.1 Å². The summed E-state index contributed by atoms with van der Waals surface area (Å²) in [6, 6.07) is 4.58. The second kappa shape index (κ2) is 7.27. The third-order valence-electron chi connectivity index (χ3n) is 7.05. The van der Waals surface area contributed by atoms with Crippen molar-refractivity contribution in [2.45, 2.75) is 58.4 Å². The van der Waals surface area contributed by atoms with Crippen molar-refractivity contribution in [2.24, 2.45) is 10.9 Å². The number of aliphatic imine (C=N–C) groups is 1. The van der Waals surface area contributed by atoms with E-state index in [-0.39, 0.29) is 6.84 Å². The molecule has 6 nitrogen and oxygen atoms in total. The average molecular weight is 406 g/mol. The van der Waals surface area contributed by atoms with Gasteiger partial charge in [-0.05, 0) is 44.7 Å². The van der Waals surface area contributed by atoms with Crippen LogP contribution in [0.5, 0.6) is 0 Å². The highest BCUT2D eigenvalue weighted by Crippen LogP contribution is 2.44. The second-order valence-electron chi connectivity index (χ2n) is 9.03. The van der Waals surface area contributed by atoms with E-state index in [4.69, 9.17) is 19.7 Å². The van der Waals surface area contributed by atoms with E-state index in [0.717, 1.165) is 72.1 Å². The standard InChI is InChI=1S/C24H29N5O.H2/c1-14(2)24(4)15(3)26-21-8-7-19(28-22(21)24)17-5-6-20-18(17)13-25-23(29-20)27-16-9-11-30-12-10-16;/h5,7-8,13-14,16H,6,9-12H2,1-4H3,(H,25,27,29);1H. The third-order valence-corrected chi connectivity index (χ3v) is 7.05. The van der Waals surface area contributed by atoms with E-state index in [1.54, 1.807) is 0 Å². The maximum absolute atomic E-state index is 5.44. The first-order valence-electron chi connectivity index (χ1n) is 10.9. The van der Waals surface area contributed by atoms with E-state index in [9.17, 15) is 0 Å². The normalized spacial score (nSPS) is 23.2. The van der Waals surface area contributed by atoms with Crippen molar-refractivity contribution >= 4 is 22.9 Å². The number of ether oxygens (including phenoxy) is 1.